The minimum atomic E-state index is 0.450. The first-order valence-corrected chi connectivity index (χ1v) is 8.49. The Kier molecular flexibility index (Phi) is 5.67. The molecule has 0 bridgehead atoms. The van der Waals surface area contributed by atoms with Crippen molar-refractivity contribution < 1.29 is 4.74 Å². The van der Waals surface area contributed by atoms with Gasteiger partial charge >= 0.3 is 0 Å². The fraction of sp³-hybridized carbons (Fsp3) is 0.667. The minimum absolute atomic E-state index is 0.450. The molecule has 0 aromatic heterocycles. The molecule has 1 N–H and O–H groups in total. The van der Waals surface area contributed by atoms with E-state index in [0.717, 1.165) is 12.5 Å². The van der Waals surface area contributed by atoms with Crippen LogP contribution in [-0.2, 0) is 11.3 Å². The monoisotopic (exact) mass is 288 g/mol. The summed E-state index contributed by atoms with van der Waals surface area (Å²) in [5.74, 6) is 0.862. The largest absolute Gasteiger partial charge is 0.373 e. The van der Waals surface area contributed by atoms with E-state index in [4.69, 9.17) is 4.74 Å². The summed E-state index contributed by atoms with van der Waals surface area (Å²) in [5.41, 5.74) is 1.29. The van der Waals surface area contributed by atoms with E-state index in [2.05, 4.69) is 40.5 Å². The van der Waals surface area contributed by atoms with Crippen molar-refractivity contribution >= 4 is 0 Å². The zero-order valence-electron chi connectivity index (χ0n) is 13.0. The quantitative estimate of drug-likeness (QED) is 0.901. The van der Waals surface area contributed by atoms with Crippen LogP contribution in [0.5, 0.6) is 0 Å². The SMILES string of the molecule is c1ccc(COC2CCN(C[C@@H]3CCCNC3)CC2)cc1. The van der Waals surface area contributed by atoms with Crippen LogP contribution in [0.3, 0.4) is 0 Å². The van der Waals surface area contributed by atoms with Crippen molar-refractivity contribution in [3.05, 3.63) is 35.9 Å². The average Bonchev–Trinajstić information content (AvgIpc) is 2.56. The Morgan fingerprint density at radius 2 is 1.90 bits per heavy atom. The lowest BCUT2D eigenvalue weighted by atomic mass is 9.97. The van der Waals surface area contributed by atoms with Crippen molar-refractivity contribution in [3.8, 4) is 0 Å². The molecule has 3 nitrogen and oxygen atoms in total. The highest BCUT2D eigenvalue weighted by Gasteiger charge is 2.22. The number of hydrogen-bond donors (Lipinski definition) is 1. The Hall–Kier alpha value is -0.900. The van der Waals surface area contributed by atoms with E-state index >= 15 is 0 Å². The van der Waals surface area contributed by atoms with Gasteiger partial charge in [-0.05, 0) is 50.3 Å². The van der Waals surface area contributed by atoms with Crippen LogP contribution in [0.4, 0.5) is 0 Å². The van der Waals surface area contributed by atoms with Gasteiger partial charge in [0.25, 0.3) is 0 Å². The summed E-state index contributed by atoms with van der Waals surface area (Å²) >= 11 is 0. The summed E-state index contributed by atoms with van der Waals surface area (Å²) in [7, 11) is 0. The van der Waals surface area contributed by atoms with E-state index in [1.807, 2.05) is 0 Å². The molecule has 1 aromatic rings. The van der Waals surface area contributed by atoms with Gasteiger partial charge in [-0.25, -0.2) is 0 Å². The minimum Gasteiger partial charge on any atom is -0.373 e. The first kappa shape index (κ1) is 15.0. The maximum atomic E-state index is 6.07. The molecular formula is C18H28N2O. The molecule has 0 aliphatic carbocycles. The fourth-order valence-electron chi connectivity index (χ4n) is 3.49. The van der Waals surface area contributed by atoms with Gasteiger partial charge in [-0.15, -0.1) is 0 Å². The molecule has 0 unspecified atom stereocenters. The number of piperidine rings is 2. The van der Waals surface area contributed by atoms with Crippen LogP contribution in [0.2, 0.25) is 0 Å². The van der Waals surface area contributed by atoms with Gasteiger partial charge < -0.3 is 15.0 Å². The molecule has 2 aliphatic heterocycles. The highest BCUT2D eigenvalue weighted by Crippen LogP contribution is 2.19. The highest BCUT2D eigenvalue weighted by atomic mass is 16.5. The number of nitrogens with one attached hydrogen (secondary N) is 1. The van der Waals surface area contributed by atoms with Crippen LogP contribution in [0, 0.1) is 5.92 Å². The van der Waals surface area contributed by atoms with Crippen LogP contribution in [0.15, 0.2) is 30.3 Å². The van der Waals surface area contributed by atoms with Gasteiger partial charge in [0.2, 0.25) is 0 Å². The first-order chi connectivity index (χ1) is 10.4. The number of hydrogen-bond acceptors (Lipinski definition) is 3. The van der Waals surface area contributed by atoms with Crippen LogP contribution < -0.4 is 5.32 Å². The third-order valence-electron chi connectivity index (χ3n) is 4.78. The Balaban J connectivity index is 1.35. The van der Waals surface area contributed by atoms with Crippen molar-refractivity contribution in [2.45, 2.75) is 38.4 Å². The lowest BCUT2D eigenvalue weighted by molar-refractivity contribution is -0.00560. The number of nitrogens with zero attached hydrogens (tertiary/aromatic N) is 1. The fourth-order valence-corrected chi connectivity index (χ4v) is 3.49. The van der Waals surface area contributed by atoms with Crippen LogP contribution >= 0.6 is 0 Å². The molecular weight excluding hydrogens is 260 g/mol. The molecule has 0 spiro atoms. The predicted octanol–water partition coefficient (Wildman–Crippen LogP) is 2.67. The van der Waals surface area contributed by atoms with Crippen LogP contribution in [-0.4, -0.2) is 43.7 Å². The topological polar surface area (TPSA) is 24.5 Å². The molecule has 21 heavy (non-hydrogen) atoms. The van der Waals surface area contributed by atoms with Gasteiger partial charge in [-0.2, -0.15) is 0 Å². The molecule has 3 heteroatoms. The lowest BCUT2D eigenvalue weighted by Crippen LogP contribution is -2.43. The van der Waals surface area contributed by atoms with E-state index in [1.165, 1.54) is 64.0 Å². The summed E-state index contributed by atoms with van der Waals surface area (Å²) in [4.78, 5) is 2.64. The van der Waals surface area contributed by atoms with Gasteiger partial charge in [0.15, 0.2) is 0 Å². The Morgan fingerprint density at radius 1 is 1.10 bits per heavy atom. The molecule has 1 atom stereocenters. The van der Waals surface area contributed by atoms with Crippen molar-refractivity contribution in [2.24, 2.45) is 5.92 Å². The standard InChI is InChI=1S/C18H28N2O/c1-2-5-16(6-3-1)15-21-18-8-11-20(12-9-18)14-17-7-4-10-19-13-17/h1-3,5-6,17-19H,4,7-15H2/t17-/m1/s1. The summed E-state index contributed by atoms with van der Waals surface area (Å²) in [6, 6.07) is 10.5. The second-order valence-corrected chi connectivity index (χ2v) is 6.51. The summed E-state index contributed by atoms with van der Waals surface area (Å²) < 4.78 is 6.07. The second kappa shape index (κ2) is 7.92. The summed E-state index contributed by atoms with van der Waals surface area (Å²) in [6.07, 6.45) is 5.57. The van der Waals surface area contributed by atoms with Gasteiger partial charge in [0.05, 0.1) is 12.7 Å². The number of benzene rings is 1. The summed E-state index contributed by atoms with van der Waals surface area (Å²) in [5, 5.41) is 3.52. The van der Waals surface area contributed by atoms with E-state index in [-0.39, 0.29) is 0 Å². The van der Waals surface area contributed by atoms with Crippen molar-refractivity contribution in [1.29, 1.82) is 0 Å². The van der Waals surface area contributed by atoms with Crippen molar-refractivity contribution in [3.63, 3.8) is 0 Å². The average molecular weight is 288 g/mol. The molecule has 116 valence electrons. The Labute approximate surface area is 128 Å². The molecule has 0 amide bonds. The maximum Gasteiger partial charge on any atom is 0.0720 e. The number of likely N-dealkylation sites (tertiary alicyclic amines) is 1. The molecule has 2 fully saturated rings. The van der Waals surface area contributed by atoms with E-state index in [0.29, 0.717) is 6.10 Å². The molecule has 2 saturated heterocycles. The number of rotatable bonds is 5. The first-order valence-electron chi connectivity index (χ1n) is 8.49. The van der Waals surface area contributed by atoms with Crippen LogP contribution in [0.1, 0.15) is 31.2 Å². The van der Waals surface area contributed by atoms with Gasteiger partial charge in [0, 0.05) is 19.6 Å². The Bertz CT molecular complexity index is 395. The molecule has 2 aliphatic rings. The third kappa shape index (κ3) is 4.80. The molecule has 0 radical (unpaired) electrons. The van der Waals surface area contributed by atoms with E-state index < -0.39 is 0 Å². The predicted molar refractivity (Wildman–Crippen MR) is 86.3 cm³/mol. The van der Waals surface area contributed by atoms with Crippen molar-refractivity contribution in [2.75, 3.05) is 32.7 Å². The Morgan fingerprint density at radius 3 is 2.62 bits per heavy atom. The molecule has 2 heterocycles. The van der Waals surface area contributed by atoms with Crippen molar-refractivity contribution in [1.82, 2.24) is 10.2 Å². The van der Waals surface area contributed by atoms with Gasteiger partial charge in [0.1, 0.15) is 0 Å². The maximum absolute atomic E-state index is 6.07. The zero-order valence-corrected chi connectivity index (χ0v) is 13.0. The molecule has 1 aromatic carbocycles. The molecule has 3 rings (SSSR count). The van der Waals surface area contributed by atoms with Gasteiger partial charge in [-0.1, -0.05) is 30.3 Å². The second-order valence-electron chi connectivity index (χ2n) is 6.51. The smallest absolute Gasteiger partial charge is 0.0720 e. The lowest BCUT2D eigenvalue weighted by Gasteiger charge is -2.35. The third-order valence-corrected chi connectivity index (χ3v) is 4.78. The van der Waals surface area contributed by atoms with Gasteiger partial charge in [-0.3, -0.25) is 0 Å². The normalized spacial score (nSPS) is 25.0. The zero-order chi connectivity index (χ0) is 14.3. The highest BCUT2D eigenvalue weighted by molar-refractivity contribution is 5.13. The summed E-state index contributed by atoms with van der Waals surface area (Å²) in [6.45, 7) is 6.87. The van der Waals surface area contributed by atoms with E-state index in [9.17, 15) is 0 Å². The molecule has 0 saturated carbocycles. The number of ether oxygens (including phenoxy) is 1. The van der Waals surface area contributed by atoms with E-state index in [1.54, 1.807) is 0 Å². The van der Waals surface area contributed by atoms with Crippen LogP contribution in [0.25, 0.3) is 0 Å².